The smallest absolute Gasteiger partial charge is 0.246 e. The Kier molecular flexibility index (Phi) is 4.85. The van der Waals surface area contributed by atoms with Crippen molar-refractivity contribution in [3.8, 4) is 22.9 Å². The standard InChI is InChI=1S/C22H21N3O3/c1-25(17-9-8-15-6-4-5-7-16(15)12-17)14-21-23-22(24-28-21)19-11-10-18(26-2)13-20(19)27-3/h4-13H,14H2,1-3H3. The third kappa shape index (κ3) is 3.49. The third-order valence-electron chi connectivity index (χ3n) is 4.66. The lowest BCUT2D eigenvalue weighted by atomic mass is 10.1. The van der Waals surface area contributed by atoms with Crippen LogP contribution in [0.2, 0.25) is 0 Å². The Morgan fingerprint density at radius 2 is 1.75 bits per heavy atom. The van der Waals surface area contributed by atoms with Crippen molar-refractivity contribution in [1.82, 2.24) is 10.1 Å². The molecule has 4 aromatic rings. The molecule has 0 bridgehead atoms. The number of anilines is 1. The maximum atomic E-state index is 5.47. The lowest BCUT2D eigenvalue weighted by molar-refractivity contribution is 0.377. The van der Waals surface area contributed by atoms with Gasteiger partial charge in [-0.2, -0.15) is 4.98 Å². The Balaban J connectivity index is 1.56. The summed E-state index contributed by atoms with van der Waals surface area (Å²) in [6.45, 7) is 0.504. The average Bonchev–Trinajstić information content (AvgIpc) is 3.21. The van der Waals surface area contributed by atoms with E-state index in [1.54, 1.807) is 20.3 Å². The predicted octanol–water partition coefficient (Wildman–Crippen LogP) is 4.54. The number of benzene rings is 3. The number of fused-ring (bicyclic) bond motifs is 1. The average molecular weight is 375 g/mol. The molecule has 1 heterocycles. The minimum Gasteiger partial charge on any atom is -0.497 e. The summed E-state index contributed by atoms with van der Waals surface area (Å²) >= 11 is 0. The fourth-order valence-electron chi connectivity index (χ4n) is 3.12. The Hall–Kier alpha value is -3.54. The fraction of sp³-hybridized carbons (Fsp3) is 0.182. The van der Waals surface area contributed by atoms with Gasteiger partial charge in [-0.3, -0.25) is 0 Å². The van der Waals surface area contributed by atoms with Gasteiger partial charge in [-0.1, -0.05) is 35.5 Å². The van der Waals surface area contributed by atoms with Crippen LogP contribution in [-0.2, 0) is 6.54 Å². The van der Waals surface area contributed by atoms with Crippen LogP contribution in [0.4, 0.5) is 5.69 Å². The van der Waals surface area contributed by atoms with Gasteiger partial charge in [0.1, 0.15) is 11.5 Å². The first-order valence-corrected chi connectivity index (χ1v) is 8.93. The highest BCUT2D eigenvalue weighted by Gasteiger charge is 2.15. The van der Waals surface area contributed by atoms with Gasteiger partial charge in [0, 0.05) is 18.8 Å². The minimum absolute atomic E-state index is 0.487. The molecule has 0 aliphatic heterocycles. The second-order valence-electron chi connectivity index (χ2n) is 6.47. The van der Waals surface area contributed by atoms with Gasteiger partial charge < -0.3 is 18.9 Å². The molecule has 0 radical (unpaired) electrons. The van der Waals surface area contributed by atoms with Crippen LogP contribution in [0, 0.1) is 0 Å². The van der Waals surface area contributed by atoms with Crippen LogP contribution >= 0.6 is 0 Å². The van der Waals surface area contributed by atoms with Crippen LogP contribution in [0.3, 0.4) is 0 Å². The first kappa shape index (κ1) is 17.9. The van der Waals surface area contributed by atoms with Crippen molar-refractivity contribution in [3.63, 3.8) is 0 Å². The van der Waals surface area contributed by atoms with Crippen LogP contribution in [0.1, 0.15) is 5.89 Å². The molecule has 0 unspecified atom stereocenters. The van der Waals surface area contributed by atoms with Gasteiger partial charge in [0.2, 0.25) is 11.7 Å². The summed E-state index contributed by atoms with van der Waals surface area (Å²) in [5, 5.41) is 6.52. The molecule has 1 aromatic heterocycles. The topological polar surface area (TPSA) is 60.6 Å². The summed E-state index contributed by atoms with van der Waals surface area (Å²) < 4.78 is 16.1. The van der Waals surface area contributed by atoms with E-state index < -0.39 is 0 Å². The molecular weight excluding hydrogens is 354 g/mol. The monoisotopic (exact) mass is 375 g/mol. The van der Waals surface area contributed by atoms with Gasteiger partial charge in [-0.25, -0.2) is 0 Å². The molecule has 6 nitrogen and oxygen atoms in total. The first-order valence-electron chi connectivity index (χ1n) is 8.93. The van der Waals surface area contributed by atoms with Crippen LogP contribution in [0.15, 0.2) is 65.2 Å². The van der Waals surface area contributed by atoms with E-state index in [1.807, 2.05) is 31.3 Å². The largest absolute Gasteiger partial charge is 0.497 e. The summed E-state index contributed by atoms with van der Waals surface area (Å²) in [6, 6.07) is 20.1. The highest BCUT2D eigenvalue weighted by atomic mass is 16.5. The van der Waals surface area contributed by atoms with Crippen molar-refractivity contribution in [2.24, 2.45) is 0 Å². The lowest BCUT2D eigenvalue weighted by Crippen LogP contribution is -2.16. The number of aromatic nitrogens is 2. The van der Waals surface area contributed by atoms with Gasteiger partial charge in [0.25, 0.3) is 0 Å². The van der Waals surface area contributed by atoms with E-state index in [-0.39, 0.29) is 0 Å². The highest BCUT2D eigenvalue weighted by Crippen LogP contribution is 2.31. The molecule has 0 N–H and O–H groups in total. The van der Waals surface area contributed by atoms with Crippen LogP contribution in [0.25, 0.3) is 22.2 Å². The zero-order valence-electron chi connectivity index (χ0n) is 16.0. The fourth-order valence-corrected chi connectivity index (χ4v) is 3.12. The van der Waals surface area contributed by atoms with Crippen LogP contribution in [0.5, 0.6) is 11.5 Å². The maximum absolute atomic E-state index is 5.47. The first-order chi connectivity index (χ1) is 13.7. The summed E-state index contributed by atoms with van der Waals surface area (Å²) in [5.41, 5.74) is 1.84. The molecule has 142 valence electrons. The Bertz CT molecular complexity index is 1110. The SMILES string of the molecule is COc1ccc(-c2noc(CN(C)c3ccc4ccccc4c3)n2)c(OC)c1. The molecule has 28 heavy (non-hydrogen) atoms. The van der Waals surface area contributed by atoms with Crippen molar-refractivity contribution >= 4 is 16.5 Å². The molecule has 6 heteroatoms. The quantitative estimate of drug-likeness (QED) is 0.493. The zero-order valence-corrected chi connectivity index (χ0v) is 16.0. The second kappa shape index (κ2) is 7.60. The van der Waals surface area contributed by atoms with Gasteiger partial charge in [0.05, 0.1) is 26.3 Å². The van der Waals surface area contributed by atoms with Crippen LogP contribution in [-0.4, -0.2) is 31.4 Å². The molecule has 0 fully saturated rings. The molecule has 4 rings (SSSR count). The number of rotatable bonds is 6. The third-order valence-corrected chi connectivity index (χ3v) is 4.66. The van der Waals surface area contributed by atoms with E-state index in [1.165, 1.54) is 10.8 Å². The number of ether oxygens (including phenoxy) is 2. The molecule has 0 spiro atoms. The van der Waals surface area contributed by atoms with Gasteiger partial charge >= 0.3 is 0 Å². The summed E-state index contributed by atoms with van der Waals surface area (Å²) in [7, 11) is 5.22. The Morgan fingerprint density at radius 1 is 0.929 bits per heavy atom. The summed E-state index contributed by atoms with van der Waals surface area (Å²) in [5.74, 6) is 2.36. The molecule has 0 atom stereocenters. The summed E-state index contributed by atoms with van der Waals surface area (Å²) in [6.07, 6.45) is 0. The normalized spacial score (nSPS) is 10.8. The summed E-state index contributed by atoms with van der Waals surface area (Å²) in [4.78, 5) is 6.61. The molecule has 0 amide bonds. The van der Waals surface area contributed by atoms with E-state index in [0.717, 1.165) is 11.3 Å². The number of hydrogen-bond donors (Lipinski definition) is 0. The molecule has 0 aliphatic rings. The molecular formula is C22H21N3O3. The van der Waals surface area contributed by atoms with Gasteiger partial charge in [-0.05, 0) is 35.0 Å². The minimum atomic E-state index is 0.487. The van der Waals surface area contributed by atoms with Crippen LogP contribution < -0.4 is 14.4 Å². The lowest BCUT2D eigenvalue weighted by Gasteiger charge is -2.17. The Morgan fingerprint density at radius 3 is 2.54 bits per heavy atom. The predicted molar refractivity (Wildman–Crippen MR) is 109 cm³/mol. The molecule has 0 aliphatic carbocycles. The van der Waals surface area contributed by atoms with Gasteiger partial charge in [-0.15, -0.1) is 0 Å². The van der Waals surface area contributed by atoms with Crippen molar-refractivity contribution in [2.75, 3.05) is 26.2 Å². The van der Waals surface area contributed by atoms with Crippen molar-refractivity contribution < 1.29 is 14.0 Å². The van der Waals surface area contributed by atoms with Gasteiger partial charge in [0.15, 0.2) is 0 Å². The molecule has 0 saturated heterocycles. The van der Waals surface area contributed by atoms with E-state index in [2.05, 4.69) is 45.4 Å². The highest BCUT2D eigenvalue weighted by molar-refractivity contribution is 5.85. The van der Waals surface area contributed by atoms with Crippen molar-refractivity contribution in [1.29, 1.82) is 0 Å². The zero-order chi connectivity index (χ0) is 19.5. The Labute approximate surface area is 163 Å². The van der Waals surface area contributed by atoms with Crippen molar-refractivity contribution in [3.05, 3.63) is 66.6 Å². The number of hydrogen-bond acceptors (Lipinski definition) is 6. The maximum Gasteiger partial charge on any atom is 0.246 e. The van der Waals surface area contributed by atoms with E-state index in [0.29, 0.717) is 29.8 Å². The van der Waals surface area contributed by atoms with E-state index in [9.17, 15) is 0 Å². The number of nitrogens with zero attached hydrogens (tertiary/aromatic N) is 3. The molecule has 0 saturated carbocycles. The number of methoxy groups -OCH3 is 2. The molecule has 3 aromatic carbocycles. The van der Waals surface area contributed by atoms with E-state index >= 15 is 0 Å². The van der Waals surface area contributed by atoms with Crippen molar-refractivity contribution in [2.45, 2.75) is 6.54 Å². The van der Waals surface area contributed by atoms with E-state index in [4.69, 9.17) is 14.0 Å². The second-order valence-corrected chi connectivity index (χ2v) is 6.47.